The lowest BCUT2D eigenvalue weighted by atomic mass is 9.80. The molecule has 0 bridgehead atoms. The van der Waals surface area contributed by atoms with E-state index in [-0.39, 0.29) is 36.0 Å². The van der Waals surface area contributed by atoms with E-state index in [1.807, 2.05) is 0 Å². The Balaban J connectivity index is 1.69. The number of carbonyl (C=O) groups is 1. The van der Waals surface area contributed by atoms with E-state index < -0.39 is 65.8 Å². The molecule has 3 atom stereocenters. The third kappa shape index (κ3) is 3.80. The molecule has 1 fully saturated rings. The van der Waals surface area contributed by atoms with Crippen molar-refractivity contribution >= 4 is 28.1 Å². The number of fused-ring (bicyclic) bond motifs is 3. The van der Waals surface area contributed by atoms with Gasteiger partial charge in [-0.3, -0.25) is 9.69 Å². The van der Waals surface area contributed by atoms with Crippen molar-refractivity contribution in [2.75, 3.05) is 18.1 Å². The van der Waals surface area contributed by atoms with Crippen LogP contribution in [0.4, 0.5) is 32.4 Å². The maximum atomic E-state index is 15.3. The number of benzene rings is 1. The minimum Gasteiger partial charge on any atom is -0.444 e. The Hall–Kier alpha value is -3.21. The van der Waals surface area contributed by atoms with Crippen LogP contribution in [0.5, 0.6) is 0 Å². The molecule has 36 heavy (non-hydrogen) atoms. The molecule has 2 aromatic rings. The number of cyclic esters (lactones) is 1. The Kier molecular flexibility index (Phi) is 5.73. The first-order chi connectivity index (χ1) is 16.9. The Morgan fingerprint density at radius 1 is 1.17 bits per heavy atom. The third-order valence-corrected chi connectivity index (χ3v) is 7.13. The Bertz CT molecular complexity index is 1360. The normalized spacial score (nSPS) is 25.6. The second kappa shape index (κ2) is 8.43. The summed E-state index contributed by atoms with van der Waals surface area (Å²) in [5.41, 5.74) is -1.84. The summed E-state index contributed by atoms with van der Waals surface area (Å²) >= 11 is 0. The van der Waals surface area contributed by atoms with E-state index in [0.717, 1.165) is 16.7 Å². The number of amides is 1. The molecule has 2 aliphatic heterocycles. The number of rotatable bonds is 3. The number of aliphatic hydroxyl groups excluding tert-OH is 1. The number of ether oxygens (including phenoxy) is 1. The number of pyridine rings is 1. The highest BCUT2D eigenvalue weighted by Gasteiger charge is 2.51. The zero-order valence-corrected chi connectivity index (χ0v) is 19.2. The monoisotopic (exact) mass is 510 g/mol. The van der Waals surface area contributed by atoms with Gasteiger partial charge in [0.15, 0.2) is 0 Å². The topological polar surface area (TPSA) is 71.8 Å². The maximum absolute atomic E-state index is 15.3. The van der Waals surface area contributed by atoms with E-state index in [9.17, 15) is 22.8 Å². The van der Waals surface area contributed by atoms with E-state index in [1.165, 1.54) is 36.1 Å². The number of anilines is 1. The summed E-state index contributed by atoms with van der Waals surface area (Å²) in [6, 6.07) is 5.76. The van der Waals surface area contributed by atoms with Crippen LogP contribution < -0.4 is 10.5 Å². The zero-order valence-electron chi connectivity index (χ0n) is 19.2. The van der Waals surface area contributed by atoms with E-state index in [4.69, 9.17) is 9.84 Å². The van der Waals surface area contributed by atoms with Gasteiger partial charge in [0, 0.05) is 47.8 Å². The van der Waals surface area contributed by atoms with Crippen LogP contribution in [0.25, 0.3) is 16.3 Å². The van der Waals surface area contributed by atoms with Crippen molar-refractivity contribution in [3.8, 4) is 0 Å². The molecular weight excluding hydrogens is 487 g/mol. The quantitative estimate of drug-likeness (QED) is 0.598. The summed E-state index contributed by atoms with van der Waals surface area (Å²) in [6.07, 6.45) is -4.07. The minimum atomic E-state index is -4.78. The summed E-state index contributed by atoms with van der Waals surface area (Å²) in [5, 5.41) is 9.47. The fraction of sp³-hybridized carbons (Fsp3) is 0.440. The van der Waals surface area contributed by atoms with E-state index in [0.29, 0.717) is 5.69 Å². The Morgan fingerprint density at radius 3 is 2.61 bits per heavy atom. The molecule has 11 heteroatoms. The van der Waals surface area contributed by atoms with E-state index in [2.05, 4.69) is 0 Å². The van der Waals surface area contributed by atoms with Crippen LogP contribution in [0.3, 0.4) is 0 Å². The lowest BCUT2D eigenvalue weighted by Gasteiger charge is -2.30. The van der Waals surface area contributed by atoms with Gasteiger partial charge < -0.3 is 14.4 Å². The van der Waals surface area contributed by atoms with Gasteiger partial charge in [0.1, 0.15) is 6.10 Å². The Morgan fingerprint density at radius 2 is 1.92 bits per heavy atom. The number of allylic oxidation sites excluding steroid dienone is 4. The molecule has 3 heterocycles. The minimum absolute atomic E-state index is 0.0872. The molecule has 1 aromatic heterocycles. The molecule has 0 saturated carbocycles. The number of aliphatic hydroxyl groups is 1. The average Bonchev–Trinajstić information content (AvgIpc) is 3.15. The predicted octanol–water partition coefficient (Wildman–Crippen LogP) is 4.89. The number of hydrogen-bond acceptors (Lipinski definition) is 4. The van der Waals surface area contributed by atoms with Gasteiger partial charge in [-0.05, 0) is 35.6 Å². The summed E-state index contributed by atoms with van der Waals surface area (Å²) in [5.74, 6) is -7.18. The smallest absolute Gasteiger partial charge is 0.414 e. The molecular formula is C25H23F5N2O4. The number of carbonyl (C=O) groups excluding carboxylic acids is 1. The van der Waals surface area contributed by atoms with Gasteiger partial charge in [0.2, 0.25) is 0 Å². The summed E-state index contributed by atoms with van der Waals surface area (Å²) in [6.45, 7) is 0.707. The van der Waals surface area contributed by atoms with Crippen LogP contribution in [0.15, 0.2) is 46.8 Å². The number of nitrogens with zero attached hydrogens (tertiary/aromatic N) is 2. The maximum Gasteiger partial charge on any atom is 0.414 e. The van der Waals surface area contributed by atoms with Crippen LogP contribution in [0.1, 0.15) is 25.5 Å². The first-order valence-electron chi connectivity index (χ1n) is 11.6. The fourth-order valence-electron chi connectivity index (χ4n) is 5.21. The summed E-state index contributed by atoms with van der Waals surface area (Å²) in [4.78, 5) is 27.1. The Labute approximate surface area is 202 Å². The molecule has 1 saturated heterocycles. The molecule has 1 N–H and O–H groups in total. The van der Waals surface area contributed by atoms with Crippen molar-refractivity contribution in [3.05, 3.63) is 58.0 Å². The highest BCUT2D eigenvalue weighted by atomic mass is 19.4. The van der Waals surface area contributed by atoms with Gasteiger partial charge in [-0.2, -0.15) is 13.2 Å². The lowest BCUT2D eigenvalue weighted by molar-refractivity contribution is -0.157. The predicted molar refractivity (Wildman–Crippen MR) is 122 cm³/mol. The van der Waals surface area contributed by atoms with Crippen LogP contribution in [0.2, 0.25) is 0 Å². The number of alkyl halides is 5. The highest BCUT2D eigenvalue weighted by Crippen LogP contribution is 2.50. The van der Waals surface area contributed by atoms with Crippen LogP contribution in [-0.4, -0.2) is 47.1 Å². The fourth-order valence-corrected chi connectivity index (χ4v) is 5.21. The third-order valence-electron chi connectivity index (χ3n) is 7.13. The van der Waals surface area contributed by atoms with Gasteiger partial charge >= 0.3 is 12.3 Å². The molecule has 3 unspecified atom stereocenters. The molecule has 1 aliphatic carbocycles. The van der Waals surface area contributed by atoms with Gasteiger partial charge in [0.25, 0.3) is 11.5 Å². The standard InChI is InChI=1S/C25H23F5N2O4/c1-13-11-32-20(21-18(24(13,26)27)3-2-4-19(21)25(28,29)30)9-14-5-6-15(10-17(14)22(32)34)31-12-16(7-8-33)36-23(31)35/h2-3,5-6,9-10,13,16,19,33H,4,7-8,11-12H2,1H3. The number of aromatic nitrogens is 1. The molecule has 5 rings (SSSR count). The van der Waals surface area contributed by atoms with Gasteiger partial charge in [-0.25, -0.2) is 13.6 Å². The van der Waals surface area contributed by atoms with Gasteiger partial charge in [0.05, 0.1) is 12.5 Å². The van der Waals surface area contributed by atoms with Crippen molar-refractivity contribution in [1.82, 2.24) is 4.57 Å². The van der Waals surface area contributed by atoms with Crippen molar-refractivity contribution in [1.29, 1.82) is 0 Å². The van der Waals surface area contributed by atoms with Crippen molar-refractivity contribution < 1.29 is 36.6 Å². The molecule has 192 valence electrons. The molecule has 1 aromatic carbocycles. The lowest BCUT2D eigenvalue weighted by Crippen LogP contribution is -2.33. The first-order valence-corrected chi connectivity index (χ1v) is 11.6. The number of halogens is 5. The van der Waals surface area contributed by atoms with E-state index >= 15 is 8.78 Å². The van der Waals surface area contributed by atoms with Crippen LogP contribution >= 0.6 is 0 Å². The average molecular weight is 510 g/mol. The van der Waals surface area contributed by atoms with Crippen LogP contribution in [-0.2, 0) is 11.3 Å². The molecule has 6 nitrogen and oxygen atoms in total. The van der Waals surface area contributed by atoms with Gasteiger partial charge in [-0.15, -0.1) is 0 Å². The van der Waals surface area contributed by atoms with Crippen molar-refractivity contribution in [2.45, 2.75) is 44.5 Å². The SMILES string of the molecule is CC1Cn2c(cc3ccc(N4CC(CCO)OC4=O)cc3c2=O)C2=C(C=CCC2C(F)(F)F)C1(F)F. The van der Waals surface area contributed by atoms with Crippen molar-refractivity contribution in [2.24, 2.45) is 11.8 Å². The molecule has 0 spiro atoms. The molecule has 3 aliphatic rings. The van der Waals surface area contributed by atoms with E-state index in [1.54, 1.807) is 0 Å². The molecule has 0 radical (unpaired) electrons. The summed E-state index contributed by atoms with van der Waals surface area (Å²) < 4.78 is 78.8. The van der Waals surface area contributed by atoms with Crippen LogP contribution in [0, 0.1) is 11.8 Å². The second-order valence-electron chi connectivity index (χ2n) is 9.43. The largest absolute Gasteiger partial charge is 0.444 e. The summed E-state index contributed by atoms with van der Waals surface area (Å²) in [7, 11) is 0. The second-order valence-corrected chi connectivity index (χ2v) is 9.43. The molecule has 1 amide bonds. The zero-order chi connectivity index (χ0) is 26.0. The van der Waals surface area contributed by atoms with Crippen molar-refractivity contribution in [3.63, 3.8) is 0 Å². The first kappa shape index (κ1) is 24.5. The highest BCUT2D eigenvalue weighted by molar-refractivity contribution is 5.95. The number of hydrogen-bond donors (Lipinski definition) is 1. The van der Waals surface area contributed by atoms with Gasteiger partial charge in [-0.1, -0.05) is 25.1 Å².